The van der Waals surface area contributed by atoms with Gasteiger partial charge in [-0.05, 0) is 31.4 Å². The number of pyridine rings is 1. The molecule has 1 aliphatic rings. The Kier molecular flexibility index (Phi) is 4.63. The third-order valence-corrected chi connectivity index (χ3v) is 4.50. The van der Waals surface area contributed by atoms with Gasteiger partial charge in [0.2, 0.25) is 0 Å². The summed E-state index contributed by atoms with van der Waals surface area (Å²) in [5.41, 5.74) is 1.18. The van der Waals surface area contributed by atoms with Crippen molar-refractivity contribution in [3.63, 3.8) is 0 Å². The van der Waals surface area contributed by atoms with Crippen molar-refractivity contribution < 1.29 is 9.32 Å². The second-order valence-corrected chi connectivity index (χ2v) is 6.19. The summed E-state index contributed by atoms with van der Waals surface area (Å²) >= 11 is 0. The maximum atomic E-state index is 12.6. The van der Waals surface area contributed by atoms with E-state index in [-0.39, 0.29) is 11.9 Å². The molecule has 0 aliphatic carbocycles. The maximum Gasteiger partial charge on any atom is 0.276 e. The molecule has 1 amide bonds. The average Bonchev–Trinajstić information content (AvgIpc) is 3.36. The highest BCUT2D eigenvalue weighted by Crippen LogP contribution is 2.24. The van der Waals surface area contributed by atoms with E-state index in [9.17, 15) is 4.79 Å². The van der Waals surface area contributed by atoms with E-state index < -0.39 is 0 Å². The van der Waals surface area contributed by atoms with Crippen LogP contribution in [0.3, 0.4) is 0 Å². The molecule has 26 heavy (non-hydrogen) atoms. The van der Waals surface area contributed by atoms with Gasteiger partial charge in [0.05, 0.1) is 5.56 Å². The summed E-state index contributed by atoms with van der Waals surface area (Å²) in [6.45, 7) is 0.754. The Hall–Kier alpha value is -3.16. The van der Waals surface area contributed by atoms with E-state index in [1.807, 2.05) is 23.1 Å². The molecule has 1 aliphatic heterocycles. The lowest BCUT2D eigenvalue weighted by Gasteiger charge is -2.24. The molecule has 1 atom stereocenters. The first kappa shape index (κ1) is 16.3. The van der Waals surface area contributed by atoms with Crippen LogP contribution in [0, 0.1) is 0 Å². The summed E-state index contributed by atoms with van der Waals surface area (Å²) in [4.78, 5) is 31.0. The predicted molar refractivity (Wildman–Crippen MR) is 91.9 cm³/mol. The number of hydrogen-bond donors (Lipinski definition) is 0. The van der Waals surface area contributed by atoms with Crippen molar-refractivity contribution in [2.24, 2.45) is 0 Å². The summed E-state index contributed by atoms with van der Waals surface area (Å²) in [5, 5.41) is 4.03. The van der Waals surface area contributed by atoms with Crippen LogP contribution >= 0.6 is 0 Å². The van der Waals surface area contributed by atoms with Crippen LogP contribution in [0.5, 0.6) is 0 Å². The molecule has 1 fully saturated rings. The van der Waals surface area contributed by atoms with Gasteiger partial charge in [0.25, 0.3) is 11.8 Å². The van der Waals surface area contributed by atoms with Crippen LogP contribution in [0.2, 0.25) is 0 Å². The largest absolute Gasteiger partial charge is 0.336 e. The maximum absolute atomic E-state index is 12.6. The number of aryl methyl sites for hydroxylation is 1. The Balaban J connectivity index is 1.40. The van der Waals surface area contributed by atoms with Gasteiger partial charge in [-0.25, -0.2) is 9.97 Å². The smallest absolute Gasteiger partial charge is 0.276 e. The van der Waals surface area contributed by atoms with Gasteiger partial charge in [0.1, 0.15) is 12.0 Å². The van der Waals surface area contributed by atoms with E-state index in [2.05, 4.69) is 25.1 Å². The summed E-state index contributed by atoms with van der Waals surface area (Å²) in [6.07, 6.45) is 9.64. The van der Waals surface area contributed by atoms with Crippen molar-refractivity contribution in [3.05, 3.63) is 54.5 Å². The fourth-order valence-corrected chi connectivity index (χ4v) is 3.22. The summed E-state index contributed by atoms with van der Waals surface area (Å²) in [5.74, 6) is 1.03. The summed E-state index contributed by atoms with van der Waals surface area (Å²) < 4.78 is 5.29. The fourth-order valence-electron chi connectivity index (χ4n) is 3.22. The fraction of sp³-hybridized carbons (Fsp3) is 0.333. The van der Waals surface area contributed by atoms with E-state index >= 15 is 0 Å². The molecular formula is C18H18N6O2. The Morgan fingerprint density at radius 2 is 2.15 bits per heavy atom. The highest BCUT2D eigenvalue weighted by molar-refractivity contribution is 5.94. The van der Waals surface area contributed by atoms with Gasteiger partial charge in [-0.2, -0.15) is 4.98 Å². The van der Waals surface area contributed by atoms with Crippen molar-refractivity contribution in [2.45, 2.75) is 31.7 Å². The molecule has 8 nitrogen and oxygen atoms in total. The number of aromatic nitrogens is 5. The molecule has 0 N–H and O–H groups in total. The number of hydrogen-bond acceptors (Lipinski definition) is 7. The summed E-state index contributed by atoms with van der Waals surface area (Å²) in [7, 11) is 0. The third kappa shape index (κ3) is 3.44. The van der Waals surface area contributed by atoms with Crippen LogP contribution in [0.4, 0.5) is 0 Å². The molecule has 3 aromatic heterocycles. The van der Waals surface area contributed by atoms with Crippen molar-refractivity contribution in [3.8, 4) is 11.6 Å². The van der Waals surface area contributed by atoms with Crippen LogP contribution in [0.1, 0.15) is 35.4 Å². The van der Waals surface area contributed by atoms with E-state index in [0.717, 1.165) is 25.8 Å². The van der Waals surface area contributed by atoms with E-state index in [1.165, 1.54) is 6.33 Å². The molecular weight excluding hydrogens is 332 g/mol. The first-order valence-corrected chi connectivity index (χ1v) is 8.61. The SMILES string of the molecule is O=C(c1cncnc1)N1CCCC1CCc1noc(-c2ccccn2)n1. The van der Waals surface area contributed by atoms with Crippen LogP contribution in [-0.2, 0) is 6.42 Å². The van der Waals surface area contributed by atoms with E-state index in [0.29, 0.717) is 29.4 Å². The monoisotopic (exact) mass is 350 g/mol. The second kappa shape index (κ2) is 7.38. The Morgan fingerprint density at radius 1 is 1.27 bits per heavy atom. The predicted octanol–water partition coefficient (Wildman–Crippen LogP) is 2.16. The van der Waals surface area contributed by atoms with Gasteiger partial charge in [-0.1, -0.05) is 11.2 Å². The number of amides is 1. The molecule has 0 aromatic carbocycles. The van der Waals surface area contributed by atoms with Crippen molar-refractivity contribution >= 4 is 5.91 Å². The Labute approximate surface area is 150 Å². The van der Waals surface area contributed by atoms with Gasteiger partial charge in [0, 0.05) is 37.6 Å². The molecule has 1 unspecified atom stereocenters. The normalized spacial score (nSPS) is 16.8. The van der Waals surface area contributed by atoms with E-state index in [1.54, 1.807) is 18.6 Å². The number of rotatable bonds is 5. The van der Waals surface area contributed by atoms with Gasteiger partial charge in [-0.3, -0.25) is 9.78 Å². The Morgan fingerprint density at radius 3 is 2.96 bits per heavy atom. The Bertz CT molecular complexity index is 868. The third-order valence-electron chi connectivity index (χ3n) is 4.50. The number of carbonyl (C=O) groups is 1. The number of nitrogens with zero attached hydrogens (tertiary/aromatic N) is 6. The topological polar surface area (TPSA) is 97.9 Å². The lowest BCUT2D eigenvalue weighted by molar-refractivity contribution is 0.0729. The van der Waals surface area contributed by atoms with Gasteiger partial charge >= 0.3 is 0 Å². The minimum Gasteiger partial charge on any atom is -0.336 e. The van der Waals surface area contributed by atoms with Crippen LogP contribution in [-0.4, -0.2) is 48.5 Å². The van der Waals surface area contributed by atoms with Gasteiger partial charge in [-0.15, -0.1) is 0 Å². The van der Waals surface area contributed by atoms with Crippen LogP contribution < -0.4 is 0 Å². The quantitative estimate of drug-likeness (QED) is 0.695. The molecule has 132 valence electrons. The van der Waals surface area contributed by atoms with Crippen molar-refractivity contribution in [2.75, 3.05) is 6.54 Å². The van der Waals surface area contributed by atoms with Gasteiger partial charge in [0.15, 0.2) is 5.82 Å². The lowest BCUT2D eigenvalue weighted by Crippen LogP contribution is -2.36. The molecule has 1 saturated heterocycles. The number of likely N-dealkylation sites (tertiary alicyclic amines) is 1. The molecule has 4 heterocycles. The zero-order valence-electron chi connectivity index (χ0n) is 14.2. The first-order chi connectivity index (χ1) is 12.8. The van der Waals surface area contributed by atoms with Crippen molar-refractivity contribution in [1.82, 2.24) is 30.0 Å². The zero-order chi connectivity index (χ0) is 17.8. The molecule has 3 aromatic rings. The molecule has 0 radical (unpaired) electrons. The minimum atomic E-state index is -0.0182. The first-order valence-electron chi connectivity index (χ1n) is 8.61. The molecule has 0 bridgehead atoms. The average molecular weight is 350 g/mol. The number of carbonyl (C=O) groups excluding carboxylic acids is 1. The van der Waals surface area contributed by atoms with Crippen LogP contribution in [0.25, 0.3) is 11.6 Å². The minimum absolute atomic E-state index is 0.0182. The standard InChI is InChI=1S/C18H18N6O2/c25-18(13-10-19-12-20-11-13)24-9-3-4-14(24)6-7-16-22-17(26-23-16)15-5-1-2-8-21-15/h1-2,5,8,10-12,14H,3-4,6-7,9H2. The van der Waals surface area contributed by atoms with Crippen LogP contribution in [0.15, 0.2) is 47.6 Å². The summed E-state index contributed by atoms with van der Waals surface area (Å²) in [6, 6.07) is 5.71. The van der Waals surface area contributed by atoms with Crippen molar-refractivity contribution in [1.29, 1.82) is 0 Å². The highest BCUT2D eigenvalue weighted by atomic mass is 16.5. The molecule has 8 heteroatoms. The molecule has 0 saturated carbocycles. The second-order valence-electron chi connectivity index (χ2n) is 6.19. The van der Waals surface area contributed by atoms with E-state index in [4.69, 9.17) is 4.52 Å². The molecule has 0 spiro atoms. The van der Waals surface area contributed by atoms with Gasteiger partial charge < -0.3 is 9.42 Å². The molecule has 4 rings (SSSR count). The lowest BCUT2D eigenvalue weighted by atomic mass is 10.1. The highest BCUT2D eigenvalue weighted by Gasteiger charge is 2.29. The zero-order valence-corrected chi connectivity index (χ0v) is 14.2.